The molecule has 1 unspecified atom stereocenters. The lowest BCUT2D eigenvalue weighted by atomic mass is 9.97. The van der Waals surface area contributed by atoms with Crippen molar-refractivity contribution in [1.82, 2.24) is 14.5 Å². The fourth-order valence-electron chi connectivity index (χ4n) is 5.86. The van der Waals surface area contributed by atoms with Gasteiger partial charge in [-0.2, -0.15) is 0 Å². The van der Waals surface area contributed by atoms with Crippen molar-refractivity contribution in [3.8, 4) is 22.3 Å². The molecular weight excluding hydrogens is 632 g/mol. The van der Waals surface area contributed by atoms with Crippen molar-refractivity contribution in [2.45, 2.75) is 56.3 Å². The Morgan fingerprint density at radius 3 is 2.44 bits per heavy atom. The molecule has 0 saturated heterocycles. The summed E-state index contributed by atoms with van der Waals surface area (Å²) in [6, 6.07) is 16.9. The van der Waals surface area contributed by atoms with E-state index in [9.17, 15) is 18.0 Å². The van der Waals surface area contributed by atoms with Gasteiger partial charge in [-0.15, -0.1) is 0 Å². The van der Waals surface area contributed by atoms with Gasteiger partial charge in [0, 0.05) is 39.9 Å². The molecule has 2 aliphatic heterocycles. The van der Waals surface area contributed by atoms with Gasteiger partial charge in [-0.05, 0) is 76.1 Å². The number of nitrogens with zero attached hydrogens (tertiary/aromatic N) is 2. The van der Waals surface area contributed by atoms with Gasteiger partial charge in [0.25, 0.3) is 21.8 Å². The maximum Gasteiger partial charge on any atom is 0.266 e. The zero-order valence-electron chi connectivity index (χ0n) is 23.5. The number of primary amides is 1. The lowest BCUT2D eigenvalue weighted by Gasteiger charge is -2.34. The molecule has 0 aromatic heterocycles. The second-order valence-electron chi connectivity index (χ2n) is 10.8. The Morgan fingerprint density at radius 1 is 1.02 bits per heavy atom. The molecule has 2 amide bonds. The molecule has 1 saturated carbocycles. The number of carbonyl (C=O) groups excluding carboxylic acids is 2. The molecule has 0 radical (unpaired) electrons. The minimum atomic E-state index is -4.11. The van der Waals surface area contributed by atoms with E-state index in [1.807, 2.05) is 12.3 Å². The number of nitrogens with two attached hydrogens (primary N) is 1. The molecule has 6 rings (SSSR count). The van der Waals surface area contributed by atoms with Crippen LogP contribution in [0.2, 0.25) is 0 Å². The predicted molar refractivity (Wildman–Crippen MR) is 166 cm³/mol. The fourth-order valence-corrected chi connectivity index (χ4v) is 7.60. The molecule has 4 aliphatic rings. The van der Waals surface area contributed by atoms with E-state index in [1.54, 1.807) is 55.0 Å². The quantitative estimate of drug-likeness (QED) is 0.224. The Morgan fingerprint density at radius 2 is 1.74 bits per heavy atom. The van der Waals surface area contributed by atoms with Crippen LogP contribution in [0.15, 0.2) is 98.9 Å². The standard InChI is InChI=1S/C32H31BrN4O5S/c1-2-8-28-36(20-13-14-20)18-27(31(34)38)37(28)17-25-22-15-16-42-19-26(22)30(33)29(25)23-11-6-7-12-24(23)32(39)35-43(40,41)21-9-4-3-5-10-21/h3-7,9-12,15-16,18-20,28H,2,8,13-14,17H2,1H3,(H2,34,38)(H,35,39). The van der Waals surface area contributed by atoms with E-state index in [-0.39, 0.29) is 16.6 Å². The average Bonchev–Trinajstić information content (AvgIpc) is 3.73. The zero-order valence-corrected chi connectivity index (χ0v) is 25.9. The minimum Gasteiger partial charge on any atom is -0.472 e. The first-order chi connectivity index (χ1) is 20.7. The summed E-state index contributed by atoms with van der Waals surface area (Å²) in [4.78, 5) is 30.6. The van der Waals surface area contributed by atoms with Crippen molar-refractivity contribution in [1.29, 1.82) is 0 Å². The summed E-state index contributed by atoms with van der Waals surface area (Å²) in [6.07, 6.45) is 8.97. The number of amides is 2. The van der Waals surface area contributed by atoms with Crippen LogP contribution >= 0.6 is 15.9 Å². The number of benzene rings is 2. The largest absolute Gasteiger partial charge is 0.472 e. The third-order valence-corrected chi connectivity index (χ3v) is 10.1. The number of hydrogen-bond donors (Lipinski definition) is 2. The zero-order chi connectivity index (χ0) is 30.3. The molecule has 2 aromatic rings. The van der Waals surface area contributed by atoms with Crippen molar-refractivity contribution in [2.24, 2.45) is 5.73 Å². The second kappa shape index (κ2) is 11.5. The van der Waals surface area contributed by atoms with Crippen LogP contribution in [0.25, 0.3) is 22.3 Å². The van der Waals surface area contributed by atoms with Crippen LogP contribution in [-0.4, -0.2) is 42.2 Å². The highest BCUT2D eigenvalue weighted by atomic mass is 79.9. The number of halogens is 1. The van der Waals surface area contributed by atoms with Crippen LogP contribution in [-0.2, 0) is 21.4 Å². The number of rotatable bonds is 10. The Labute approximate surface area is 258 Å². The van der Waals surface area contributed by atoms with Crippen molar-refractivity contribution in [3.05, 3.63) is 101 Å². The summed E-state index contributed by atoms with van der Waals surface area (Å²) in [7, 11) is -4.11. The molecule has 2 aromatic carbocycles. The Hall–Kier alpha value is -4.09. The summed E-state index contributed by atoms with van der Waals surface area (Å²) in [5, 5.41) is 0. The molecule has 3 N–H and O–H groups in total. The molecule has 11 heteroatoms. The van der Waals surface area contributed by atoms with E-state index in [0.717, 1.165) is 42.4 Å². The van der Waals surface area contributed by atoms with E-state index in [4.69, 9.17) is 10.2 Å². The van der Waals surface area contributed by atoms with Gasteiger partial charge < -0.3 is 20.0 Å². The summed E-state index contributed by atoms with van der Waals surface area (Å²) >= 11 is 3.76. The third-order valence-electron chi connectivity index (χ3n) is 7.97. The maximum absolute atomic E-state index is 13.6. The molecule has 0 bridgehead atoms. The molecule has 43 heavy (non-hydrogen) atoms. The Balaban J connectivity index is 1.45. The van der Waals surface area contributed by atoms with Crippen LogP contribution in [0.5, 0.6) is 0 Å². The van der Waals surface area contributed by atoms with Crippen LogP contribution in [0.1, 0.15) is 48.5 Å². The Kier molecular flexibility index (Phi) is 7.78. The molecule has 1 fully saturated rings. The lowest BCUT2D eigenvalue weighted by molar-refractivity contribution is -0.116. The molecule has 2 aliphatic carbocycles. The van der Waals surface area contributed by atoms with Crippen LogP contribution < -0.4 is 10.5 Å². The number of fused-ring (bicyclic) bond motifs is 1. The van der Waals surface area contributed by atoms with Crippen LogP contribution in [0.3, 0.4) is 0 Å². The SMILES string of the molecule is CCCC1N(Cc2c3ccocc-3c(Br)c2-c2ccccc2C(=O)NS(=O)(=O)c2ccccc2)C(C(N)=O)=CN1C1CC1. The monoisotopic (exact) mass is 662 g/mol. The van der Waals surface area contributed by atoms with Gasteiger partial charge in [0.15, 0.2) is 0 Å². The Bertz CT molecular complexity index is 1800. The lowest BCUT2D eigenvalue weighted by Crippen LogP contribution is -2.42. The minimum absolute atomic E-state index is 0.00894. The third kappa shape index (κ3) is 5.43. The van der Waals surface area contributed by atoms with Gasteiger partial charge >= 0.3 is 0 Å². The highest BCUT2D eigenvalue weighted by Gasteiger charge is 2.42. The van der Waals surface area contributed by atoms with Gasteiger partial charge in [-0.3, -0.25) is 9.59 Å². The number of hydrogen-bond acceptors (Lipinski definition) is 7. The first-order valence-corrected chi connectivity index (χ1v) is 16.4. The summed E-state index contributed by atoms with van der Waals surface area (Å²) in [5.74, 6) is -1.25. The van der Waals surface area contributed by atoms with Crippen molar-refractivity contribution in [2.75, 3.05) is 0 Å². The van der Waals surface area contributed by atoms with Gasteiger partial charge in [-0.25, -0.2) is 13.1 Å². The predicted octanol–water partition coefficient (Wildman–Crippen LogP) is 5.67. The molecule has 9 nitrogen and oxygen atoms in total. The summed E-state index contributed by atoms with van der Waals surface area (Å²) < 4.78 is 34.5. The van der Waals surface area contributed by atoms with Crippen molar-refractivity contribution in [3.63, 3.8) is 0 Å². The first kappa shape index (κ1) is 29.0. The summed E-state index contributed by atoms with van der Waals surface area (Å²) in [5.41, 5.74) is 10.3. The van der Waals surface area contributed by atoms with E-state index in [0.29, 0.717) is 33.9 Å². The van der Waals surface area contributed by atoms with Crippen LogP contribution in [0, 0.1) is 0 Å². The van der Waals surface area contributed by atoms with E-state index in [2.05, 4.69) is 37.4 Å². The fraction of sp³-hybridized carbons (Fsp3) is 0.250. The molecule has 0 spiro atoms. The highest BCUT2D eigenvalue weighted by Crippen LogP contribution is 2.48. The molecular formula is C32H31BrN4O5S. The average molecular weight is 664 g/mol. The summed E-state index contributed by atoms with van der Waals surface area (Å²) in [6.45, 7) is 2.45. The van der Waals surface area contributed by atoms with Crippen molar-refractivity contribution >= 4 is 37.8 Å². The smallest absolute Gasteiger partial charge is 0.266 e. The molecule has 222 valence electrons. The van der Waals surface area contributed by atoms with Crippen LogP contribution in [0.4, 0.5) is 0 Å². The van der Waals surface area contributed by atoms with Gasteiger partial charge in [0.1, 0.15) is 11.9 Å². The molecule has 1 atom stereocenters. The first-order valence-electron chi connectivity index (χ1n) is 14.1. The number of nitrogens with one attached hydrogen (secondary N) is 1. The topological polar surface area (TPSA) is 126 Å². The highest BCUT2D eigenvalue weighted by molar-refractivity contribution is 9.10. The molecule has 2 heterocycles. The van der Waals surface area contributed by atoms with E-state index >= 15 is 0 Å². The normalized spacial score (nSPS) is 16.9. The van der Waals surface area contributed by atoms with Gasteiger partial charge in [0.2, 0.25) is 0 Å². The number of sulfonamides is 1. The second-order valence-corrected chi connectivity index (χ2v) is 13.3. The van der Waals surface area contributed by atoms with Gasteiger partial charge in [-0.1, -0.05) is 49.7 Å². The maximum atomic E-state index is 13.6. The van der Waals surface area contributed by atoms with Crippen molar-refractivity contribution < 1.29 is 22.4 Å². The van der Waals surface area contributed by atoms with E-state index in [1.165, 1.54) is 12.1 Å². The van der Waals surface area contributed by atoms with Gasteiger partial charge in [0.05, 0.1) is 17.4 Å². The number of carbonyl (C=O) groups is 2. The van der Waals surface area contributed by atoms with E-state index < -0.39 is 21.8 Å².